The number of hydrogen-bond donors (Lipinski definition) is 1. The Kier molecular flexibility index (Phi) is 6.67. The first kappa shape index (κ1) is 29.4. The Morgan fingerprint density at radius 2 is 0.784 bits per heavy atom. The van der Waals surface area contributed by atoms with E-state index in [-0.39, 0.29) is 0 Å². The third-order valence-electron chi connectivity index (χ3n) is 10.8. The van der Waals surface area contributed by atoms with Crippen LogP contribution >= 0.6 is 0 Å². The van der Waals surface area contributed by atoms with Crippen molar-refractivity contribution in [3.8, 4) is 16.8 Å². The van der Waals surface area contributed by atoms with Crippen molar-refractivity contribution in [3.05, 3.63) is 211 Å². The molecule has 240 valence electrons. The standard InChI is InChI=1S/C49H34N2/c50-49(35-14-2-1-3-15-35,37-29-30-43-41-19-5-4-17-39(41)40-18-6-7-20-42(40)46(43)32-37)36-27-25-33(26-28-36)34-13-12-16-38(31-34)51-47-23-10-8-21-44(47)45-22-9-11-24-48(45)51/h1-32H,50H2. The number of fused-ring (bicyclic) bond motifs is 9. The minimum absolute atomic E-state index is 0.869. The van der Waals surface area contributed by atoms with Crippen LogP contribution in [0.4, 0.5) is 0 Å². The second kappa shape index (κ2) is 11.6. The molecule has 9 aromatic carbocycles. The van der Waals surface area contributed by atoms with Gasteiger partial charge in [0.15, 0.2) is 0 Å². The van der Waals surface area contributed by atoms with Crippen molar-refractivity contribution in [2.24, 2.45) is 5.73 Å². The molecule has 0 amide bonds. The molecule has 1 unspecified atom stereocenters. The van der Waals surface area contributed by atoms with E-state index in [0.29, 0.717) is 0 Å². The fourth-order valence-corrected chi connectivity index (χ4v) is 8.30. The summed E-state index contributed by atoms with van der Waals surface area (Å²) in [5.74, 6) is 0. The molecule has 0 bridgehead atoms. The lowest BCUT2D eigenvalue weighted by atomic mass is 9.76. The highest BCUT2D eigenvalue weighted by molar-refractivity contribution is 6.25. The molecule has 0 saturated heterocycles. The molecule has 0 fully saturated rings. The zero-order valence-electron chi connectivity index (χ0n) is 28.0. The Morgan fingerprint density at radius 3 is 1.39 bits per heavy atom. The van der Waals surface area contributed by atoms with Gasteiger partial charge in [-0.3, -0.25) is 0 Å². The highest BCUT2D eigenvalue weighted by atomic mass is 15.0. The third-order valence-corrected chi connectivity index (χ3v) is 10.8. The summed E-state index contributed by atoms with van der Waals surface area (Å²) >= 11 is 0. The number of nitrogens with zero attached hydrogens (tertiary/aromatic N) is 1. The maximum atomic E-state index is 7.69. The van der Waals surface area contributed by atoms with Gasteiger partial charge >= 0.3 is 0 Å². The largest absolute Gasteiger partial charge is 0.314 e. The van der Waals surface area contributed by atoms with E-state index in [1.54, 1.807) is 0 Å². The lowest BCUT2D eigenvalue weighted by molar-refractivity contribution is 0.654. The minimum Gasteiger partial charge on any atom is -0.314 e. The van der Waals surface area contributed by atoms with Gasteiger partial charge in [-0.25, -0.2) is 0 Å². The highest BCUT2D eigenvalue weighted by Gasteiger charge is 2.32. The quantitative estimate of drug-likeness (QED) is 0.146. The van der Waals surface area contributed by atoms with Crippen LogP contribution in [-0.2, 0) is 5.54 Å². The summed E-state index contributed by atoms with van der Waals surface area (Å²) in [5, 5.41) is 10.00. The van der Waals surface area contributed by atoms with Gasteiger partial charge in [0.2, 0.25) is 0 Å². The minimum atomic E-state index is -0.869. The lowest BCUT2D eigenvalue weighted by Crippen LogP contribution is -2.39. The van der Waals surface area contributed by atoms with Gasteiger partial charge in [0, 0.05) is 16.5 Å². The average Bonchev–Trinajstić information content (AvgIpc) is 3.55. The lowest BCUT2D eigenvalue weighted by Gasteiger charge is -2.32. The van der Waals surface area contributed by atoms with E-state index >= 15 is 0 Å². The molecule has 2 N–H and O–H groups in total. The molecule has 0 saturated carbocycles. The van der Waals surface area contributed by atoms with E-state index in [0.717, 1.165) is 33.5 Å². The second-order valence-electron chi connectivity index (χ2n) is 13.5. The Bertz CT molecular complexity index is 2830. The van der Waals surface area contributed by atoms with Gasteiger partial charge in [0.1, 0.15) is 0 Å². The van der Waals surface area contributed by atoms with Gasteiger partial charge in [-0.1, -0.05) is 164 Å². The monoisotopic (exact) mass is 650 g/mol. The number of hydrogen-bond acceptors (Lipinski definition) is 1. The van der Waals surface area contributed by atoms with Crippen molar-refractivity contribution >= 4 is 54.1 Å². The maximum Gasteiger partial charge on any atom is 0.0923 e. The van der Waals surface area contributed by atoms with Gasteiger partial charge in [-0.2, -0.15) is 0 Å². The number of aromatic nitrogens is 1. The molecule has 0 spiro atoms. The van der Waals surface area contributed by atoms with Crippen molar-refractivity contribution in [1.29, 1.82) is 0 Å². The summed E-state index contributed by atoms with van der Waals surface area (Å²) in [7, 11) is 0. The van der Waals surface area contributed by atoms with E-state index in [4.69, 9.17) is 5.73 Å². The van der Waals surface area contributed by atoms with Crippen molar-refractivity contribution in [1.82, 2.24) is 4.57 Å². The molecule has 0 aliphatic heterocycles. The third kappa shape index (κ3) is 4.54. The van der Waals surface area contributed by atoms with Crippen LogP contribution in [0.15, 0.2) is 194 Å². The molecule has 2 nitrogen and oxygen atoms in total. The van der Waals surface area contributed by atoms with Gasteiger partial charge in [0.25, 0.3) is 0 Å². The van der Waals surface area contributed by atoms with Crippen LogP contribution in [-0.4, -0.2) is 4.57 Å². The van der Waals surface area contributed by atoms with Crippen LogP contribution in [0.5, 0.6) is 0 Å². The molecular weight excluding hydrogens is 617 g/mol. The van der Waals surface area contributed by atoms with Crippen molar-refractivity contribution in [3.63, 3.8) is 0 Å². The van der Waals surface area contributed by atoms with Gasteiger partial charge in [0.05, 0.1) is 16.6 Å². The molecule has 1 heterocycles. The Hall–Kier alpha value is -6.48. The molecular formula is C49H34N2. The van der Waals surface area contributed by atoms with E-state index in [9.17, 15) is 0 Å². The number of rotatable bonds is 5. The number of nitrogens with two attached hydrogens (primary N) is 1. The van der Waals surface area contributed by atoms with Crippen LogP contribution in [0.25, 0.3) is 70.9 Å². The summed E-state index contributed by atoms with van der Waals surface area (Å²) in [6, 6.07) is 69.7. The van der Waals surface area contributed by atoms with Gasteiger partial charge in [-0.05, 0) is 90.5 Å². The smallest absolute Gasteiger partial charge is 0.0923 e. The highest BCUT2D eigenvalue weighted by Crippen LogP contribution is 2.41. The predicted octanol–water partition coefficient (Wildman–Crippen LogP) is 12.2. The van der Waals surface area contributed by atoms with Crippen LogP contribution in [0.1, 0.15) is 16.7 Å². The second-order valence-corrected chi connectivity index (χ2v) is 13.5. The van der Waals surface area contributed by atoms with Crippen molar-refractivity contribution in [2.75, 3.05) is 0 Å². The Balaban J connectivity index is 1.11. The fraction of sp³-hybridized carbons (Fsp3) is 0.0204. The summed E-state index contributed by atoms with van der Waals surface area (Å²) in [6.45, 7) is 0. The van der Waals surface area contributed by atoms with Crippen molar-refractivity contribution < 1.29 is 0 Å². The first-order chi connectivity index (χ1) is 25.2. The predicted molar refractivity (Wildman–Crippen MR) is 216 cm³/mol. The summed E-state index contributed by atoms with van der Waals surface area (Å²) in [6.07, 6.45) is 0. The molecule has 10 aromatic rings. The Morgan fingerprint density at radius 1 is 0.314 bits per heavy atom. The fourth-order valence-electron chi connectivity index (χ4n) is 8.30. The van der Waals surface area contributed by atoms with E-state index in [2.05, 4.69) is 199 Å². The zero-order chi connectivity index (χ0) is 33.9. The van der Waals surface area contributed by atoms with E-state index in [1.165, 1.54) is 54.1 Å². The summed E-state index contributed by atoms with van der Waals surface area (Å²) < 4.78 is 2.37. The zero-order valence-corrected chi connectivity index (χ0v) is 28.0. The van der Waals surface area contributed by atoms with Gasteiger partial charge < -0.3 is 10.3 Å². The molecule has 0 aliphatic rings. The topological polar surface area (TPSA) is 30.9 Å². The number of benzene rings is 9. The van der Waals surface area contributed by atoms with Crippen molar-refractivity contribution in [2.45, 2.75) is 5.54 Å². The normalized spacial score (nSPS) is 13.0. The molecule has 0 aliphatic carbocycles. The number of para-hydroxylation sites is 2. The molecule has 2 heteroatoms. The summed E-state index contributed by atoms with van der Waals surface area (Å²) in [4.78, 5) is 0. The molecule has 0 radical (unpaired) electrons. The average molecular weight is 651 g/mol. The SMILES string of the molecule is NC(c1ccccc1)(c1ccc(-c2cccc(-n3c4ccccc4c4ccccc43)c2)cc1)c1ccc2c3ccccc3c3ccccc3c2c1. The van der Waals surface area contributed by atoms with Crippen LogP contribution in [0, 0.1) is 0 Å². The van der Waals surface area contributed by atoms with Crippen LogP contribution in [0.3, 0.4) is 0 Å². The summed E-state index contributed by atoms with van der Waals surface area (Å²) in [5.41, 5.74) is 15.8. The molecule has 1 aromatic heterocycles. The molecule has 51 heavy (non-hydrogen) atoms. The maximum absolute atomic E-state index is 7.69. The van der Waals surface area contributed by atoms with Crippen LogP contribution in [0.2, 0.25) is 0 Å². The molecule has 10 rings (SSSR count). The Labute approximate surface area is 296 Å². The van der Waals surface area contributed by atoms with Crippen LogP contribution < -0.4 is 5.73 Å². The first-order valence-electron chi connectivity index (χ1n) is 17.6. The first-order valence-corrected chi connectivity index (χ1v) is 17.6. The molecule has 1 atom stereocenters. The van der Waals surface area contributed by atoms with Gasteiger partial charge in [-0.15, -0.1) is 0 Å². The van der Waals surface area contributed by atoms with E-state index in [1.807, 2.05) is 0 Å². The van der Waals surface area contributed by atoms with E-state index < -0.39 is 5.54 Å².